The second kappa shape index (κ2) is 8.89. The van der Waals surface area contributed by atoms with Crippen LogP contribution in [0.3, 0.4) is 0 Å². The number of anilines is 2. The minimum absolute atomic E-state index is 0.291. The summed E-state index contributed by atoms with van der Waals surface area (Å²) in [5, 5.41) is 9.78. The van der Waals surface area contributed by atoms with Crippen LogP contribution in [0.2, 0.25) is 0 Å². The van der Waals surface area contributed by atoms with E-state index >= 15 is 0 Å². The number of likely N-dealkylation sites (N-methyl/N-ethyl adjacent to an activating group) is 1. The van der Waals surface area contributed by atoms with Gasteiger partial charge in [-0.05, 0) is 36.8 Å². The van der Waals surface area contributed by atoms with Crippen LogP contribution in [0.15, 0.2) is 58.4 Å². The van der Waals surface area contributed by atoms with Crippen molar-refractivity contribution in [2.24, 2.45) is 5.10 Å². The van der Waals surface area contributed by atoms with Crippen LogP contribution < -0.4 is 9.80 Å². The Balaban J connectivity index is 1.26. The molecular weight excluding hydrogens is 427 g/mol. The maximum Gasteiger partial charge on any atom is 0.414 e. The molecule has 0 unspecified atom stereocenters. The molecule has 5 rings (SSSR count). The number of hydrogen-bond donors (Lipinski definition) is 0. The van der Waals surface area contributed by atoms with Crippen molar-refractivity contribution in [3.8, 4) is 11.1 Å². The van der Waals surface area contributed by atoms with Crippen molar-refractivity contribution in [1.82, 2.24) is 15.1 Å². The van der Waals surface area contributed by atoms with E-state index in [1.807, 2.05) is 29.1 Å². The molecule has 10 heteroatoms. The average Bonchev–Trinajstić information content (AvgIpc) is 3.48. The molecule has 2 aliphatic heterocycles. The number of pyridine rings is 1. The molecule has 3 aromatic rings. The maximum atomic E-state index is 15.0. The molecule has 0 bridgehead atoms. The Morgan fingerprint density at radius 1 is 1.18 bits per heavy atom. The fraction of sp³-hybridized carbons (Fsp3) is 0.304. The van der Waals surface area contributed by atoms with Gasteiger partial charge in [-0.15, -0.1) is 0 Å². The van der Waals surface area contributed by atoms with E-state index < -0.39 is 11.9 Å². The first-order chi connectivity index (χ1) is 16.1. The van der Waals surface area contributed by atoms with Gasteiger partial charge in [0.1, 0.15) is 29.8 Å². The molecule has 0 aliphatic carbocycles. The highest BCUT2D eigenvalue weighted by atomic mass is 19.1. The molecule has 1 saturated heterocycles. The van der Waals surface area contributed by atoms with Crippen LogP contribution >= 0.6 is 0 Å². The molecule has 170 valence electrons. The Morgan fingerprint density at radius 2 is 2.09 bits per heavy atom. The minimum atomic E-state index is -0.482. The smallest absolute Gasteiger partial charge is 0.414 e. The van der Waals surface area contributed by atoms with Crippen LogP contribution in [0.1, 0.15) is 12.2 Å². The Kier molecular flexibility index (Phi) is 5.64. The topological polar surface area (TPSA) is 87.3 Å². The van der Waals surface area contributed by atoms with Crippen molar-refractivity contribution < 1.29 is 18.4 Å². The summed E-state index contributed by atoms with van der Waals surface area (Å²) in [6.07, 6.45) is 5.40. The van der Waals surface area contributed by atoms with Crippen molar-refractivity contribution in [3.05, 3.63) is 60.4 Å². The average molecular weight is 450 g/mol. The van der Waals surface area contributed by atoms with Crippen LogP contribution in [-0.4, -0.2) is 60.4 Å². The molecule has 0 N–H and O–H groups in total. The van der Waals surface area contributed by atoms with Gasteiger partial charge in [0.15, 0.2) is 0 Å². The van der Waals surface area contributed by atoms with Gasteiger partial charge in [-0.25, -0.2) is 14.2 Å². The molecule has 1 atom stereocenters. The summed E-state index contributed by atoms with van der Waals surface area (Å²) in [7, 11) is 1.91. The molecule has 4 heterocycles. The van der Waals surface area contributed by atoms with E-state index in [9.17, 15) is 9.18 Å². The van der Waals surface area contributed by atoms with Crippen molar-refractivity contribution in [2.75, 3.05) is 36.5 Å². The summed E-state index contributed by atoms with van der Waals surface area (Å²) in [5.41, 5.74) is 1.53. The number of hydrogen-bond acceptors (Lipinski definition) is 8. The highest BCUT2D eigenvalue weighted by Crippen LogP contribution is 2.30. The van der Waals surface area contributed by atoms with Gasteiger partial charge in [0, 0.05) is 43.4 Å². The molecule has 1 fully saturated rings. The van der Waals surface area contributed by atoms with Crippen LogP contribution in [-0.2, 0) is 11.2 Å². The Hall–Kier alpha value is -3.95. The number of aromatic nitrogens is 2. The first kappa shape index (κ1) is 20.9. The number of rotatable bonds is 6. The summed E-state index contributed by atoms with van der Waals surface area (Å²) in [4.78, 5) is 20.2. The number of hydrazone groups is 1. The maximum absolute atomic E-state index is 15.0. The predicted molar refractivity (Wildman–Crippen MR) is 121 cm³/mol. The molecular formula is C23H23FN6O3. The second-order valence-electron chi connectivity index (χ2n) is 8.01. The fourth-order valence-corrected chi connectivity index (χ4v) is 3.87. The highest BCUT2D eigenvalue weighted by molar-refractivity contribution is 5.90. The second-order valence-corrected chi connectivity index (χ2v) is 8.01. The standard InChI is InChI=1S/C23H23FN6O3/c1-28-10-11-29(15-26-28)22-7-2-16(13-25-22)20-6-3-17(12-21(20)24)30-14-19(32-23(30)31)5-4-18-8-9-27-33-18/h2-3,6-9,12-13,15,19H,4-5,10-11,14H2,1H3/t19-/m0/s1. The lowest BCUT2D eigenvalue weighted by molar-refractivity contribution is 0.135. The molecule has 2 aliphatic rings. The SMILES string of the molecule is CN1CCN(c2ccc(-c3ccc(N4C[C@H](CCc5ccno5)OC4=O)cc3F)cn2)C=N1. The van der Waals surface area contributed by atoms with Gasteiger partial charge in [-0.1, -0.05) is 5.16 Å². The van der Waals surface area contributed by atoms with Crippen molar-refractivity contribution in [2.45, 2.75) is 18.9 Å². The molecule has 0 saturated carbocycles. The van der Waals surface area contributed by atoms with Gasteiger partial charge in [0.25, 0.3) is 0 Å². The van der Waals surface area contributed by atoms with Crippen molar-refractivity contribution in [1.29, 1.82) is 0 Å². The number of amides is 1. The molecule has 33 heavy (non-hydrogen) atoms. The van der Waals surface area contributed by atoms with Gasteiger partial charge in [0.05, 0.1) is 25.0 Å². The zero-order valence-electron chi connectivity index (χ0n) is 18.1. The Bertz CT molecular complexity index is 1150. The normalized spacial score (nSPS) is 18.2. The third-order valence-electron chi connectivity index (χ3n) is 5.75. The van der Waals surface area contributed by atoms with Gasteiger partial charge in [-0.2, -0.15) is 5.10 Å². The largest absolute Gasteiger partial charge is 0.444 e. The number of nitrogens with zero attached hydrogens (tertiary/aromatic N) is 6. The van der Waals surface area contributed by atoms with Gasteiger partial charge in [-0.3, -0.25) is 9.91 Å². The van der Waals surface area contributed by atoms with E-state index in [0.717, 1.165) is 24.7 Å². The Morgan fingerprint density at radius 3 is 2.79 bits per heavy atom. The summed E-state index contributed by atoms with van der Waals surface area (Å²) >= 11 is 0. The first-order valence-corrected chi connectivity index (χ1v) is 10.7. The number of carbonyl (C=O) groups is 1. The molecule has 9 nitrogen and oxygen atoms in total. The van der Waals surface area contributed by atoms with Gasteiger partial charge >= 0.3 is 6.09 Å². The third-order valence-corrected chi connectivity index (χ3v) is 5.75. The summed E-state index contributed by atoms with van der Waals surface area (Å²) in [6.45, 7) is 1.94. The van der Waals surface area contributed by atoms with E-state index in [-0.39, 0.29) is 6.10 Å². The molecule has 1 amide bonds. The van der Waals surface area contributed by atoms with Crippen molar-refractivity contribution >= 4 is 23.9 Å². The molecule has 0 radical (unpaired) electrons. The summed E-state index contributed by atoms with van der Waals surface area (Å²) in [6, 6.07) is 10.2. The molecule has 0 spiro atoms. The molecule has 1 aromatic carbocycles. The quantitative estimate of drug-likeness (QED) is 0.568. The summed E-state index contributed by atoms with van der Waals surface area (Å²) < 4.78 is 25.5. The van der Waals surface area contributed by atoms with E-state index in [1.54, 1.807) is 36.9 Å². The zero-order valence-corrected chi connectivity index (χ0v) is 18.1. The molecule has 2 aromatic heterocycles. The van der Waals surface area contributed by atoms with Gasteiger partial charge in [0.2, 0.25) is 0 Å². The number of aryl methyl sites for hydroxylation is 1. The van der Waals surface area contributed by atoms with E-state index in [2.05, 4.69) is 15.2 Å². The monoisotopic (exact) mass is 450 g/mol. The minimum Gasteiger partial charge on any atom is -0.444 e. The lowest BCUT2D eigenvalue weighted by Gasteiger charge is -2.26. The van der Waals surface area contributed by atoms with Crippen LogP contribution in [0.25, 0.3) is 11.1 Å². The number of benzene rings is 1. The lowest BCUT2D eigenvalue weighted by atomic mass is 10.1. The number of halogens is 1. The third kappa shape index (κ3) is 4.50. The van der Waals surface area contributed by atoms with E-state index in [0.29, 0.717) is 36.2 Å². The van der Waals surface area contributed by atoms with Gasteiger partial charge < -0.3 is 14.2 Å². The number of carbonyl (C=O) groups excluding carboxylic acids is 1. The van der Waals surface area contributed by atoms with E-state index in [4.69, 9.17) is 9.26 Å². The highest BCUT2D eigenvalue weighted by Gasteiger charge is 2.32. The fourth-order valence-electron chi connectivity index (χ4n) is 3.87. The summed E-state index contributed by atoms with van der Waals surface area (Å²) in [5.74, 6) is 1.06. The van der Waals surface area contributed by atoms with Crippen LogP contribution in [0, 0.1) is 5.82 Å². The van der Waals surface area contributed by atoms with E-state index in [1.165, 1.54) is 11.0 Å². The Labute approximate surface area is 190 Å². The van der Waals surface area contributed by atoms with Crippen molar-refractivity contribution in [3.63, 3.8) is 0 Å². The number of ether oxygens (including phenoxy) is 1. The lowest BCUT2D eigenvalue weighted by Crippen LogP contribution is -2.36. The number of cyclic esters (lactones) is 1. The predicted octanol–water partition coefficient (Wildman–Crippen LogP) is 3.53. The zero-order chi connectivity index (χ0) is 22.8. The van der Waals surface area contributed by atoms with Crippen LogP contribution in [0.4, 0.5) is 20.7 Å². The van der Waals surface area contributed by atoms with Crippen LogP contribution in [0.5, 0.6) is 0 Å². The first-order valence-electron chi connectivity index (χ1n) is 10.7.